The lowest BCUT2D eigenvalue weighted by molar-refractivity contribution is -0.149. The number of nitrogens with zero attached hydrogens (tertiary/aromatic N) is 2. The van der Waals surface area contributed by atoms with Gasteiger partial charge in [-0.2, -0.15) is 4.98 Å². The van der Waals surface area contributed by atoms with Gasteiger partial charge in [0.1, 0.15) is 6.26 Å². The van der Waals surface area contributed by atoms with E-state index in [4.69, 9.17) is 4.74 Å². The largest absolute Gasteiger partial charge is 0.466 e. The zero-order chi connectivity index (χ0) is 13.0. The number of hydrogen-bond acceptors (Lipinski definition) is 5. The second-order valence-corrected chi connectivity index (χ2v) is 4.17. The summed E-state index contributed by atoms with van der Waals surface area (Å²) < 4.78 is 9.65. The van der Waals surface area contributed by atoms with Crippen molar-refractivity contribution in [3.63, 3.8) is 0 Å². The van der Waals surface area contributed by atoms with Gasteiger partial charge in [-0.15, -0.1) is 0 Å². The normalized spacial score (nSPS) is 19.6. The van der Waals surface area contributed by atoms with Gasteiger partial charge in [0.25, 0.3) is 12.3 Å². The lowest BCUT2D eigenvalue weighted by atomic mass is 9.98. The summed E-state index contributed by atoms with van der Waals surface area (Å²) >= 11 is 0. The lowest BCUT2D eigenvalue weighted by Crippen LogP contribution is -2.42. The highest BCUT2D eigenvalue weighted by molar-refractivity contribution is 5.92. The average molecular weight is 251 g/mol. The first kappa shape index (κ1) is 12.6. The number of amides is 1. The van der Waals surface area contributed by atoms with E-state index >= 15 is 0 Å². The number of likely N-dealkylation sites (tertiary alicyclic amines) is 1. The van der Waals surface area contributed by atoms with Crippen molar-refractivity contribution in [2.75, 3.05) is 19.7 Å². The quantitative estimate of drug-likeness (QED) is 0.746. The highest BCUT2D eigenvalue weighted by Crippen LogP contribution is 2.19. The third-order valence-corrected chi connectivity index (χ3v) is 2.94. The number of rotatable bonds is 3. The lowest BCUT2D eigenvalue weighted by Gasteiger charge is -2.30. The zero-order valence-corrected chi connectivity index (χ0v) is 10.2. The molecule has 1 unspecified atom stereocenters. The molecule has 1 aromatic rings. The molecule has 97 valence electrons. The SMILES string of the molecule is CCOC(=O)C1CCCN(C(=O)c2co[c]n2)C1. The highest BCUT2D eigenvalue weighted by atomic mass is 16.5. The van der Waals surface area contributed by atoms with E-state index in [0.29, 0.717) is 19.7 Å². The Labute approximate surface area is 105 Å². The molecule has 0 aromatic carbocycles. The molecular weight excluding hydrogens is 236 g/mol. The fraction of sp³-hybridized carbons (Fsp3) is 0.583. The van der Waals surface area contributed by atoms with Gasteiger partial charge in [0, 0.05) is 13.1 Å². The topological polar surface area (TPSA) is 72.6 Å². The molecule has 18 heavy (non-hydrogen) atoms. The molecule has 2 rings (SSSR count). The van der Waals surface area contributed by atoms with Gasteiger partial charge < -0.3 is 14.1 Å². The third kappa shape index (κ3) is 2.69. The average Bonchev–Trinajstić information content (AvgIpc) is 2.92. The molecule has 1 atom stereocenters. The molecule has 1 amide bonds. The molecule has 1 aliphatic heterocycles. The zero-order valence-electron chi connectivity index (χ0n) is 10.2. The number of carbonyl (C=O) groups excluding carboxylic acids is 2. The van der Waals surface area contributed by atoms with E-state index in [1.54, 1.807) is 11.8 Å². The monoisotopic (exact) mass is 251 g/mol. The van der Waals surface area contributed by atoms with E-state index in [9.17, 15) is 9.59 Å². The minimum absolute atomic E-state index is 0.222. The molecule has 0 saturated carbocycles. The van der Waals surface area contributed by atoms with Gasteiger partial charge in [0.2, 0.25) is 0 Å². The van der Waals surface area contributed by atoms with E-state index < -0.39 is 0 Å². The molecular formula is C12H15N2O4. The van der Waals surface area contributed by atoms with Crippen LogP contribution in [0.5, 0.6) is 0 Å². The molecule has 2 heterocycles. The van der Waals surface area contributed by atoms with Gasteiger partial charge in [0.05, 0.1) is 12.5 Å². The number of hydrogen-bond donors (Lipinski definition) is 0. The summed E-state index contributed by atoms with van der Waals surface area (Å²) in [6.07, 6.45) is 5.05. The fourth-order valence-corrected chi connectivity index (χ4v) is 2.06. The van der Waals surface area contributed by atoms with Crippen molar-refractivity contribution in [3.8, 4) is 0 Å². The van der Waals surface area contributed by atoms with Crippen LogP contribution in [-0.2, 0) is 9.53 Å². The predicted molar refractivity (Wildman–Crippen MR) is 60.6 cm³/mol. The maximum atomic E-state index is 12.0. The van der Waals surface area contributed by atoms with Crippen LogP contribution in [0.15, 0.2) is 10.7 Å². The number of esters is 1. The van der Waals surface area contributed by atoms with Gasteiger partial charge in [-0.25, -0.2) is 0 Å². The van der Waals surface area contributed by atoms with E-state index in [1.165, 1.54) is 6.26 Å². The van der Waals surface area contributed by atoms with Gasteiger partial charge in [-0.05, 0) is 19.8 Å². The third-order valence-electron chi connectivity index (χ3n) is 2.94. The van der Waals surface area contributed by atoms with Gasteiger partial charge >= 0.3 is 5.97 Å². The summed E-state index contributed by atoms with van der Waals surface area (Å²) in [5.74, 6) is -0.700. The number of aromatic nitrogens is 1. The van der Waals surface area contributed by atoms with Gasteiger partial charge in [-0.3, -0.25) is 9.59 Å². The van der Waals surface area contributed by atoms with Crippen molar-refractivity contribution in [3.05, 3.63) is 18.4 Å². The maximum Gasteiger partial charge on any atom is 0.310 e. The minimum Gasteiger partial charge on any atom is -0.466 e. The first-order valence-electron chi connectivity index (χ1n) is 6.00. The fourth-order valence-electron chi connectivity index (χ4n) is 2.06. The summed E-state index contributed by atoms with van der Waals surface area (Å²) in [6, 6.07) is 0. The number of ether oxygens (including phenoxy) is 1. The van der Waals surface area contributed by atoms with Crippen LogP contribution < -0.4 is 0 Å². The highest BCUT2D eigenvalue weighted by Gasteiger charge is 2.30. The number of carbonyl (C=O) groups is 2. The van der Waals surface area contributed by atoms with Crippen LogP contribution in [0.4, 0.5) is 0 Å². The summed E-state index contributed by atoms with van der Waals surface area (Å²) in [7, 11) is 0. The maximum absolute atomic E-state index is 12.0. The molecule has 1 radical (unpaired) electrons. The van der Waals surface area contributed by atoms with Crippen molar-refractivity contribution in [1.82, 2.24) is 9.88 Å². The summed E-state index contributed by atoms with van der Waals surface area (Å²) in [6.45, 7) is 3.14. The van der Waals surface area contributed by atoms with Gasteiger partial charge in [-0.1, -0.05) is 0 Å². The van der Waals surface area contributed by atoms with Crippen LogP contribution in [0.1, 0.15) is 30.3 Å². The van der Waals surface area contributed by atoms with Crippen LogP contribution in [0.2, 0.25) is 0 Å². The molecule has 1 aromatic heterocycles. The Morgan fingerprint density at radius 2 is 2.50 bits per heavy atom. The predicted octanol–water partition coefficient (Wildman–Crippen LogP) is 0.890. The minimum atomic E-state index is -0.237. The Balaban J connectivity index is 1.98. The molecule has 1 aliphatic rings. The summed E-state index contributed by atoms with van der Waals surface area (Å²) in [5, 5.41) is 0. The van der Waals surface area contributed by atoms with Crippen LogP contribution in [0, 0.1) is 12.3 Å². The Kier molecular flexibility index (Phi) is 3.96. The van der Waals surface area contributed by atoms with Gasteiger partial charge in [0.15, 0.2) is 5.69 Å². The Morgan fingerprint density at radius 1 is 1.67 bits per heavy atom. The number of piperidine rings is 1. The second kappa shape index (κ2) is 5.66. The van der Waals surface area contributed by atoms with Crippen molar-refractivity contribution in [2.45, 2.75) is 19.8 Å². The summed E-state index contributed by atoms with van der Waals surface area (Å²) in [4.78, 5) is 29.0. The molecule has 0 spiro atoms. The molecule has 0 aliphatic carbocycles. The van der Waals surface area contributed by atoms with E-state index in [-0.39, 0.29) is 23.5 Å². The van der Waals surface area contributed by atoms with E-state index in [0.717, 1.165) is 12.8 Å². The molecule has 0 bridgehead atoms. The first-order valence-corrected chi connectivity index (χ1v) is 6.00. The van der Waals surface area contributed by atoms with Crippen molar-refractivity contribution in [1.29, 1.82) is 0 Å². The first-order chi connectivity index (χ1) is 8.72. The van der Waals surface area contributed by atoms with Crippen LogP contribution >= 0.6 is 0 Å². The molecule has 0 N–H and O–H groups in total. The van der Waals surface area contributed by atoms with Crippen molar-refractivity contribution < 1.29 is 18.7 Å². The summed E-state index contributed by atoms with van der Waals surface area (Å²) in [5.41, 5.74) is 0.222. The second-order valence-electron chi connectivity index (χ2n) is 4.17. The Hall–Kier alpha value is -1.85. The molecule has 6 heteroatoms. The van der Waals surface area contributed by atoms with E-state index in [2.05, 4.69) is 15.8 Å². The Bertz CT molecular complexity index is 416. The Morgan fingerprint density at radius 3 is 3.17 bits per heavy atom. The van der Waals surface area contributed by atoms with Crippen LogP contribution in [0.25, 0.3) is 0 Å². The standard InChI is InChI=1S/C12H15N2O4/c1-2-18-12(16)9-4-3-5-14(6-9)11(15)10-7-17-8-13-10/h7,9H,2-6H2,1H3. The van der Waals surface area contributed by atoms with Crippen LogP contribution in [-0.4, -0.2) is 41.5 Å². The smallest absolute Gasteiger partial charge is 0.310 e. The van der Waals surface area contributed by atoms with Crippen molar-refractivity contribution >= 4 is 11.9 Å². The van der Waals surface area contributed by atoms with E-state index in [1.807, 2.05) is 0 Å². The molecule has 1 fully saturated rings. The molecule has 1 saturated heterocycles. The number of oxazole rings is 1. The molecule has 6 nitrogen and oxygen atoms in total. The van der Waals surface area contributed by atoms with Crippen molar-refractivity contribution in [2.24, 2.45) is 5.92 Å². The van der Waals surface area contributed by atoms with Crippen LogP contribution in [0.3, 0.4) is 0 Å².